The molecule has 4 heteroatoms. The molecule has 3 aliphatic carbocycles. The number of phenolic OH excluding ortho intramolecular Hbond substituents is 1. The van der Waals surface area contributed by atoms with Crippen LogP contribution >= 0.6 is 0 Å². The predicted octanol–water partition coefficient (Wildman–Crippen LogP) is 4.86. The van der Waals surface area contributed by atoms with E-state index in [-0.39, 0.29) is 11.8 Å². The first-order valence-electron chi connectivity index (χ1n) is 10.9. The molecule has 5 atom stereocenters. The number of aromatic hydroxyl groups is 1. The summed E-state index contributed by atoms with van der Waals surface area (Å²) in [7, 11) is 0. The molecule has 0 aliphatic heterocycles. The van der Waals surface area contributed by atoms with Gasteiger partial charge in [-0.1, -0.05) is 19.9 Å². The van der Waals surface area contributed by atoms with Gasteiger partial charge in [0.1, 0.15) is 11.5 Å². The van der Waals surface area contributed by atoms with Crippen molar-refractivity contribution >= 4 is 11.8 Å². The summed E-state index contributed by atoms with van der Waals surface area (Å²) >= 11 is 0. The second kappa shape index (κ2) is 7.20. The van der Waals surface area contributed by atoms with Crippen LogP contribution < -0.4 is 0 Å². The molecule has 2 N–H and O–H groups in total. The standard InChI is InChI=1S/C24H32O4/c1-3-14-11-19-15(12-20(14)25)7-8-18-17(19)9-10-24(2)21(26)13-16(23(18)24)5-4-6-22(27)28/h11-12,16-18,23,25H,3-10,13H2,1-2H3,(H,27,28)/t16-,17?,18?,23?,24-/m1/s1. The summed E-state index contributed by atoms with van der Waals surface area (Å²) in [5, 5.41) is 19.3. The summed E-state index contributed by atoms with van der Waals surface area (Å²) in [4.78, 5) is 23.9. The molecule has 152 valence electrons. The number of carbonyl (C=O) groups is 2. The van der Waals surface area contributed by atoms with Crippen LogP contribution in [0.2, 0.25) is 0 Å². The molecule has 1 aromatic rings. The van der Waals surface area contributed by atoms with E-state index >= 15 is 0 Å². The molecule has 1 aromatic carbocycles. The molecule has 4 nitrogen and oxygen atoms in total. The van der Waals surface area contributed by atoms with E-state index in [2.05, 4.69) is 19.9 Å². The minimum Gasteiger partial charge on any atom is -0.508 e. The molecule has 4 rings (SSSR count). The number of carbonyl (C=O) groups excluding carboxylic acids is 1. The zero-order valence-corrected chi connectivity index (χ0v) is 17.0. The molecule has 0 spiro atoms. The van der Waals surface area contributed by atoms with Crippen molar-refractivity contribution in [1.29, 1.82) is 0 Å². The third-order valence-corrected chi connectivity index (χ3v) is 8.11. The number of ketones is 1. The minimum atomic E-state index is -0.743. The first kappa shape index (κ1) is 19.5. The van der Waals surface area contributed by atoms with E-state index in [1.165, 1.54) is 11.1 Å². The maximum Gasteiger partial charge on any atom is 0.303 e. The predicted molar refractivity (Wildman–Crippen MR) is 107 cm³/mol. The van der Waals surface area contributed by atoms with Gasteiger partial charge in [0.15, 0.2) is 0 Å². The van der Waals surface area contributed by atoms with E-state index in [1.807, 2.05) is 6.07 Å². The molecule has 0 amide bonds. The Balaban J connectivity index is 1.64. The van der Waals surface area contributed by atoms with Crippen molar-refractivity contribution in [3.05, 3.63) is 28.8 Å². The number of rotatable bonds is 5. The first-order chi connectivity index (χ1) is 13.3. The van der Waals surface area contributed by atoms with Gasteiger partial charge in [0.2, 0.25) is 0 Å². The Kier molecular flexibility index (Phi) is 5.01. The van der Waals surface area contributed by atoms with Gasteiger partial charge in [-0.25, -0.2) is 0 Å². The Hall–Kier alpha value is -1.84. The molecule has 0 heterocycles. The van der Waals surface area contributed by atoms with Crippen molar-refractivity contribution in [3.8, 4) is 5.75 Å². The van der Waals surface area contributed by atoms with Crippen LogP contribution in [0.15, 0.2) is 12.1 Å². The lowest BCUT2D eigenvalue weighted by Gasteiger charge is -2.50. The zero-order valence-electron chi connectivity index (χ0n) is 17.0. The van der Waals surface area contributed by atoms with Crippen molar-refractivity contribution < 1.29 is 19.8 Å². The highest BCUT2D eigenvalue weighted by Gasteiger charge is 2.58. The van der Waals surface area contributed by atoms with Crippen LogP contribution in [0.1, 0.15) is 81.4 Å². The largest absolute Gasteiger partial charge is 0.508 e. The average Bonchev–Trinajstić information content (AvgIpc) is 2.91. The number of aliphatic carboxylic acids is 1. The maximum absolute atomic E-state index is 13.0. The first-order valence-corrected chi connectivity index (χ1v) is 10.9. The van der Waals surface area contributed by atoms with E-state index < -0.39 is 5.97 Å². The fourth-order valence-corrected chi connectivity index (χ4v) is 6.78. The SMILES string of the molecule is CCc1cc2c(cc1O)CCC1C2CC[C@]2(C)C(=O)C[C@@H](CCCC(=O)O)C12. The van der Waals surface area contributed by atoms with Crippen LogP contribution in [0, 0.1) is 23.2 Å². The van der Waals surface area contributed by atoms with Crippen LogP contribution in [0.25, 0.3) is 0 Å². The Morgan fingerprint density at radius 2 is 2.07 bits per heavy atom. The van der Waals surface area contributed by atoms with Crippen molar-refractivity contribution in [3.63, 3.8) is 0 Å². The second-order valence-corrected chi connectivity index (χ2v) is 9.50. The summed E-state index contributed by atoms with van der Waals surface area (Å²) < 4.78 is 0. The number of hydrogen-bond acceptors (Lipinski definition) is 3. The number of aryl methyl sites for hydroxylation is 2. The van der Waals surface area contributed by atoms with E-state index in [9.17, 15) is 14.7 Å². The second-order valence-electron chi connectivity index (χ2n) is 9.50. The molecular formula is C24H32O4. The number of carboxylic acids is 1. The van der Waals surface area contributed by atoms with Gasteiger partial charge >= 0.3 is 5.97 Å². The van der Waals surface area contributed by atoms with Crippen molar-refractivity contribution in [2.75, 3.05) is 0 Å². The Morgan fingerprint density at radius 3 is 2.79 bits per heavy atom. The summed E-state index contributed by atoms with van der Waals surface area (Å²) in [5.74, 6) is 1.76. The molecule has 2 fully saturated rings. The summed E-state index contributed by atoms with van der Waals surface area (Å²) in [6.07, 6.45) is 7.21. The quantitative estimate of drug-likeness (QED) is 0.760. The molecule has 28 heavy (non-hydrogen) atoms. The van der Waals surface area contributed by atoms with Crippen LogP contribution in [0.3, 0.4) is 0 Å². The third kappa shape index (κ3) is 3.05. The fourth-order valence-electron chi connectivity index (χ4n) is 6.78. The smallest absolute Gasteiger partial charge is 0.303 e. The highest BCUT2D eigenvalue weighted by molar-refractivity contribution is 5.87. The van der Waals surface area contributed by atoms with E-state index in [4.69, 9.17) is 5.11 Å². The van der Waals surface area contributed by atoms with Gasteiger partial charge in [-0.3, -0.25) is 9.59 Å². The number of Topliss-reactive ketones (excluding diaryl/α,β-unsaturated/α-hetero) is 1. The van der Waals surface area contributed by atoms with Gasteiger partial charge in [-0.05, 0) is 91.4 Å². The molecule has 0 bridgehead atoms. The van der Waals surface area contributed by atoms with Gasteiger partial charge in [0.05, 0.1) is 0 Å². The molecule has 2 saturated carbocycles. The van der Waals surface area contributed by atoms with Crippen molar-refractivity contribution in [1.82, 2.24) is 0 Å². The number of fused-ring (bicyclic) bond motifs is 5. The molecule has 0 aromatic heterocycles. The third-order valence-electron chi connectivity index (χ3n) is 8.11. The van der Waals surface area contributed by atoms with Gasteiger partial charge < -0.3 is 10.2 Å². The van der Waals surface area contributed by atoms with Gasteiger partial charge in [-0.2, -0.15) is 0 Å². The highest BCUT2D eigenvalue weighted by atomic mass is 16.4. The lowest BCUT2D eigenvalue weighted by molar-refractivity contribution is -0.137. The van der Waals surface area contributed by atoms with Crippen molar-refractivity contribution in [2.45, 2.75) is 77.6 Å². The Bertz CT molecular complexity index is 798. The van der Waals surface area contributed by atoms with Crippen LogP contribution in [0.4, 0.5) is 0 Å². The van der Waals surface area contributed by atoms with Crippen LogP contribution in [-0.2, 0) is 22.4 Å². The van der Waals surface area contributed by atoms with E-state index in [0.717, 1.165) is 44.1 Å². The molecule has 3 unspecified atom stereocenters. The monoisotopic (exact) mass is 384 g/mol. The number of phenols is 1. The molecular weight excluding hydrogens is 352 g/mol. The van der Waals surface area contributed by atoms with Crippen LogP contribution in [-0.4, -0.2) is 22.0 Å². The number of benzene rings is 1. The zero-order chi connectivity index (χ0) is 20.1. The Morgan fingerprint density at radius 1 is 1.29 bits per heavy atom. The fraction of sp³-hybridized carbons (Fsp3) is 0.667. The highest BCUT2D eigenvalue weighted by Crippen LogP contribution is 2.62. The Labute approximate surface area is 167 Å². The van der Waals surface area contributed by atoms with Gasteiger partial charge in [-0.15, -0.1) is 0 Å². The molecule has 3 aliphatic rings. The number of hydrogen-bond donors (Lipinski definition) is 2. The summed E-state index contributed by atoms with van der Waals surface area (Å²) in [5.41, 5.74) is 3.48. The lowest BCUT2D eigenvalue weighted by atomic mass is 9.54. The minimum absolute atomic E-state index is 0.199. The normalized spacial score (nSPS) is 33.9. The van der Waals surface area contributed by atoms with E-state index in [1.54, 1.807) is 0 Å². The summed E-state index contributed by atoms with van der Waals surface area (Å²) in [6.45, 7) is 4.26. The maximum atomic E-state index is 13.0. The molecule has 0 saturated heterocycles. The van der Waals surface area contributed by atoms with E-state index in [0.29, 0.717) is 48.0 Å². The topological polar surface area (TPSA) is 74.6 Å². The average molecular weight is 385 g/mol. The van der Waals surface area contributed by atoms with Gasteiger partial charge in [0.25, 0.3) is 0 Å². The van der Waals surface area contributed by atoms with Crippen molar-refractivity contribution in [2.24, 2.45) is 23.2 Å². The molecule has 0 radical (unpaired) electrons. The number of carboxylic acid groups (broad SMARTS) is 1. The van der Waals surface area contributed by atoms with Gasteiger partial charge in [0, 0.05) is 18.3 Å². The summed E-state index contributed by atoms with van der Waals surface area (Å²) in [6, 6.07) is 4.20. The lowest BCUT2D eigenvalue weighted by Crippen LogP contribution is -2.44. The van der Waals surface area contributed by atoms with Crippen LogP contribution in [0.5, 0.6) is 5.75 Å².